The summed E-state index contributed by atoms with van der Waals surface area (Å²) in [5.41, 5.74) is 3.39. The molecule has 1 amide bonds. The number of ether oxygens (including phenoxy) is 2. The first-order chi connectivity index (χ1) is 16.6. The summed E-state index contributed by atoms with van der Waals surface area (Å²) in [7, 11) is 0. The first-order valence-electron chi connectivity index (χ1n) is 10.4. The number of H-pyrrole nitrogens is 1. The van der Waals surface area contributed by atoms with E-state index in [1.54, 1.807) is 25.3 Å². The molecule has 0 aliphatic carbocycles. The number of anilines is 1. The second kappa shape index (κ2) is 7.85. The van der Waals surface area contributed by atoms with Gasteiger partial charge in [-0.15, -0.1) is 11.3 Å². The number of benzene rings is 2. The van der Waals surface area contributed by atoms with Crippen molar-refractivity contribution >= 4 is 39.7 Å². The van der Waals surface area contributed by atoms with Gasteiger partial charge in [-0.25, -0.2) is 4.98 Å². The van der Waals surface area contributed by atoms with Gasteiger partial charge in [0.25, 0.3) is 11.7 Å². The maximum Gasteiger partial charge on any atom is 0.298 e. The van der Waals surface area contributed by atoms with Crippen LogP contribution in [0.4, 0.5) is 5.82 Å². The fourth-order valence-electron chi connectivity index (χ4n) is 3.84. The third-order valence-electron chi connectivity index (χ3n) is 5.45. The summed E-state index contributed by atoms with van der Waals surface area (Å²) in [4.78, 5) is 33.4. The van der Waals surface area contributed by atoms with Gasteiger partial charge < -0.3 is 19.8 Å². The van der Waals surface area contributed by atoms with Crippen molar-refractivity contribution in [2.24, 2.45) is 0 Å². The van der Waals surface area contributed by atoms with Crippen LogP contribution in [-0.2, 0) is 4.79 Å². The summed E-state index contributed by atoms with van der Waals surface area (Å²) in [6.45, 7) is 2.01. The fourth-order valence-corrected chi connectivity index (χ4v) is 4.64. The van der Waals surface area contributed by atoms with Gasteiger partial charge in [-0.2, -0.15) is 9.78 Å². The van der Waals surface area contributed by atoms with Crippen LogP contribution in [0, 0.1) is 6.92 Å². The Morgan fingerprint density at radius 2 is 1.97 bits per heavy atom. The maximum atomic E-state index is 12.9. The minimum Gasteiger partial charge on any atom is -0.454 e. The first-order valence-corrected chi connectivity index (χ1v) is 11.3. The average Bonchev–Trinajstić information content (AvgIpc) is 3.63. The quantitative estimate of drug-likeness (QED) is 0.291. The number of carbonyl (C=O) groups excluding carboxylic acids is 2. The Bertz CT molecular complexity index is 1580. The van der Waals surface area contributed by atoms with Gasteiger partial charge in [0, 0.05) is 34.1 Å². The Balaban J connectivity index is 1.27. The summed E-state index contributed by atoms with van der Waals surface area (Å²) < 4.78 is 12.3. The molecule has 34 heavy (non-hydrogen) atoms. The molecule has 0 spiro atoms. The Kier molecular flexibility index (Phi) is 4.66. The number of rotatable bonds is 5. The van der Waals surface area contributed by atoms with Crippen molar-refractivity contribution in [3.63, 3.8) is 0 Å². The van der Waals surface area contributed by atoms with E-state index >= 15 is 0 Å². The molecule has 0 unspecified atom stereocenters. The van der Waals surface area contributed by atoms with E-state index in [1.807, 2.05) is 41.8 Å². The summed E-state index contributed by atoms with van der Waals surface area (Å²) in [6.07, 6.45) is 1.55. The number of fused-ring (bicyclic) bond motifs is 2. The van der Waals surface area contributed by atoms with Crippen molar-refractivity contribution in [1.82, 2.24) is 19.7 Å². The topological polar surface area (TPSA) is 111 Å². The van der Waals surface area contributed by atoms with Gasteiger partial charge in [0.05, 0.1) is 17.0 Å². The lowest BCUT2D eigenvalue weighted by Crippen LogP contribution is -2.24. The van der Waals surface area contributed by atoms with Crippen molar-refractivity contribution in [1.29, 1.82) is 0 Å². The highest BCUT2D eigenvalue weighted by Crippen LogP contribution is 2.36. The molecule has 6 rings (SSSR count). The van der Waals surface area contributed by atoms with Gasteiger partial charge in [0.15, 0.2) is 11.5 Å². The monoisotopic (exact) mass is 471 g/mol. The number of aromatic amines is 1. The van der Waals surface area contributed by atoms with Crippen LogP contribution in [0.1, 0.15) is 16.1 Å². The maximum absolute atomic E-state index is 12.9. The zero-order chi connectivity index (χ0) is 23.2. The summed E-state index contributed by atoms with van der Waals surface area (Å²) in [5, 5.41) is 10.3. The molecule has 0 radical (unpaired) electrons. The van der Waals surface area contributed by atoms with Gasteiger partial charge in [-0.3, -0.25) is 9.59 Å². The van der Waals surface area contributed by atoms with Crippen molar-refractivity contribution in [3.05, 3.63) is 71.4 Å². The molecular formula is C24H17N5O4S. The molecule has 0 atom stereocenters. The SMILES string of the molecule is Cc1cc(NC(=O)C(=O)c2c[nH]c3ccccc23)n(-c2nc(-c3ccc4c(c3)OCO4)cs2)n1. The Morgan fingerprint density at radius 1 is 1.12 bits per heavy atom. The largest absolute Gasteiger partial charge is 0.454 e. The van der Waals surface area contributed by atoms with Gasteiger partial charge in [0.2, 0.25) is 11.9 Å². The smallest absolute Gasteiger partial charge is 0.298 e. The van der Waals surface area contributed by atoms with E-state index in [0.717, 1.165) is 16.8 Å². The summed E-state index contributed by atoms with van der Waals surface area (Å²) in [5.74, 6) is 0.348. The second-order valence-electron chi connectivity index (χ2n) is 7.70. The molecule has 168 valence electrons. The molecule has 10 heteroatoms. The molecule has 0 bridgehead atoms. The molecule has 9 nitrogen and oxygen atoms in total. The van der Waals surface area contributed by atoms with Gasteiger partial charge in [-0.1, -0.05) is 18.2 Å². The Morgan fingerprint density at radius 3 is 2.88 bits per heavy atom. The fraction of sp³-hybridized carbons (Fsp3) is 0.0833. The van der Waals surface area contributed by atoms with E-state index in [1.165, 1.54) is 16.0 Å². The number of carbonyl (C=O) groups is 2. The molecule has 4 heterocycles. The highest BCUT2D eigenvalue weighted by molar-refractivity contribution is 7.12. The Hall–Kier alpha value is -4.44. The van der Waals surface area contributed by atoms with E-state index in [2.05, 4.69) is 20.4 Å². The number of nitrogens with one attached hydrogen (secondary N) is 2. The number of Topliss-reactive ketones (excluding diaryl/α,β-unsaturated/α-hetero) is 1. The molecular weight excluding hydrogens is 454 g/mol. The normalized spacial score (nSPS) is 12.3. The molecule has 2 aromatic carbocycles. The van der Waals surface area contributed by atoms with Crippen LogP contribution in [0.3, 0.4) is 0 Å². The number of aromatic nitrogens is 4. The lowest BCUT2D eigenvalue weighted by molar-refractivity contribution is -0.112. The van der Waals surface area contributed by atoms with Crippen LogP contribution < -0.4 is 14.8 Å². The molecule has 0 saturated carbocycles. The predicted octanol–water partition coefficient (Wildman–Crippen LogP) is 4.34. The molecule has 1 aliphatic rings. The summed E-state index contributed by atoms with van der Waals surface area (Å²) >= 11 is 1.37. The van der Waals surface area contributed by atoms with E-state index in [0.29, 0.717) is 39.1 Å². The van der Waals surface area contributed by atoms with Crippen LogP contribution in [0.5, 0.6) is 11.5 Å². The minimum absolute atomic E-state index is 0.202. The highest BCUT2D eigenvalue weighted by Gasteiger charge is 2.23. The zero-order valence-electron chi connectivity index (χ0n) is 17.9. The van der Waals surface area contributed by atoms with Crippen LogP contribution in [0.2, 0.25) is 0 Å². The molecule has 1 aliphatic heterocycles. The van der Waals surface area contributed by atoms with Crippen LogP contribution >= 0.6 is 11.3 Å². The molecule has 3 aromatic heterocycles. The third kappa shape index (κ3) is 3.41. The number of thiazole rings is 1. The van der Waals surface area contributed by atoms with Crippen molar-refractivity contribution in [2.45, 2.75) is 6.92 Å². The first kappa shape index (κ1) is 20.2. The van der Waals surface area contributed by atoms with Gasteiger partial charge >= 0.3 is 0 Å². The molecule has 2 N–H and O–H groups in total. The number of nitrogens with zero attached hydrogens (tertiary/aromatic N) is 3. The van der Waals surface area contributed by atoms with Crippen LogP contribution in [0.15, 0.2) is 60.1 Å². The molecule has 0 fully saturated rings. The van der Waals surface area contributed by atoms with Crippen LogP contribution in [0.25, 0.3) is 27.3 Å². The number of ketones is 1. The lowest BCUT2D eigenvalue weighted by Gasteiger charge is -2.06. The van der Waals surface area contributed by atoms with Crippen molar-refractivity contribution in [3.8, 4) is 27.9 Å². The minimum atomic E-state index is -0.751. The molecule has 0 saturated heterocycles. The number of hydrogen-bond acceptors (Lipinski definition) is 7. The third-order valence-corrected chi connectivity index (χ3v) is 6.27. The van der Waals surface area contributed by atoms with E-state index in [9.17, 15) is 9.59 Å². The lowest BCUT2D eigenvalue weighted by atomic mass is 10.1. The second-order valence-corrected chi connectivity index (χ2v) is 8.53. The van der Waals surface area contributed by atoms with Crippen molar-refractivity contribution in [2.75, 3.05) is 12.1 Å². The number of amides is 1. The highest BCUT2D eigenvalue weighted by atomic mass is 32.1. The summed E-state index contributed by atoms with van der Waals surface area (Å²) in [6, 6.07) is 14.7. The molecule has 5 aromatic rings. The van der Waals surface area contributed by atoms with Gasteiger partial charge in [0.1, 0.15) is 5.82 Å². The number of para-hydroxylation sites is 1. The predicted molar refractivity (Wildman–Crippen MR) is 127 cm³/mol. The standard InChI is InChI=1S/C24H17N5O4S/c1-13-8-21(27-23(31)22(30)16-10-25-17-5-3-2-4-15(16)17)29(28-13)24-26-18(11-34-24)14-6-7-19-20(9-14)33-12-32-19/h2-11,25H,12H2,1H3,(H,27,31). The number of hydrogen-bond donors (Lipinski definition) is 2. The van der Waals surface area contributed by atoms with E-state index < -0.39 is 11.7 Å². The van der Waals surface area contributed by atoms with E-state index in [4.69, 9.17) is 9.47 Å². The average molecular weight is 471 g/mol. The van der Waals surface area contributed by atoms with E-state index in [-0.39, 0.29) is 6.79 Å². The van der Waals surface area contributed by atoms with Gasteiger partial charge in [-0.05, 0) is 31.2 Å². The number of aryl methyl sites for hydroxylation is 1. The zero-order valence-corrected chi connectivity index (χ0v) is 18.7. The van der Waals surface area contributed by atoms with Crippen LogP contribution in [-0.4, -0.2) is 38.2 Å². The van der Waals surface area contributed by atoms with Crippen molar-refractivity contribution < 1.29 is 19.1 Å². The Labute approximate surface area is 197 Å².